The van der Waals surface area contributed by atoms with Crippen molar-refractivity contribution >= 4 is 0 Å². The van der Waals surface area contributed by atoms with Crippen LogP contribution < -0.4 is 10.1 Å². The van der Waals surface area contributed by atoms with Crippen LogP contribution >= 0.6 is 0 Å². The van der Waals surface area contributed by atoms with Gasteiger partial charge in [0, 0.05) is 19.8 Å². The van der Waals surface area contributed by atoms with Gasteiger partial charge in [-0.25, -0.2) is 0 Å². The number of fused-ring (bicyclic) bond motifs is 1. The van der Waals surface area contributed by atoms with E-state index in [1.807, 2.05) is 0 Å². The highest BCUT2D eigenvalue weighted by Gasteiger charge is 2.27. The summed E-state index contributed by atoms with van der Waals surface area (Å²) < 4.78 is 16.8. The summed E-state index contributed by atoms with van der Waals surface area (Å²) in [6, 6.07) is 6.32. The first-order valence-electron chi connectivity index (χ1n) is 7.35. The van der Waals surface area contributed by atoms with Crippen LogP contribution in [0.4, 0.5) is 0 Å². The van der Waals surface area contributed by atoms with E-state index in [2.05, 4.69) is 30.4 Å². The predicted molar refractivity (Wildman–Crippen MR) is 79.1 cm³/mol. The monoisotopic (exact) mass is 279 g/mol. The third-order valence-corrected chi connectivity index (χ3v) is 3.65. The molecule has 0 spiro atoms. The lowest BCUT2D eigenvalue weighted by Gasteiger charge is -2.30. The maximum Gasteiger partial charge on any atom is 0.176 e. The molecular weight excluding hydrogens is 254 g/mol. The number of methoxy groups -OCH3 is 2. The van der Waals surface area contributed by atoms with Crippen LogP contribution in [0.5, 0.6) is 5.75 Å². The fourth-order valence-corrected chi connectivity index (χ4v) is 2.68. The molecule has 1 aromatic carbocycles. The molecule has 1 heterocycles. The molecule has 0 amide bonds. The highest BCUT2D eigenvalue weighted by molar-refractivity contribution is 5.44. The van der Waals surface area contributed by atoms with Gasteiger partial charge in [0.15, 0.2) is 6.29 Å². The Balaban J connectivity index is 2.32. The van der Waals surface area contributed by atoms with Crippen molar-refractivity contribution in [2.45, 2.75) is 38.5 Å². The molecule has 1 aliphatic heterocycles. The fraction of sp³-hybridized carbons (Fsp3) is 0.625. The zero-order valence-electron chi connectivity index (χ0n) is 12.6. The Labute approximate surface area is 121 Å². The minimum absolute atomic E-state index is 0.0157. The van der Waals surface area contributed by atoms with Crippen LogP contribution in [0, 0.1) is 0 Å². The number of nitrogens with one attached hydrogen (secondary N) is 1. The van der Waals surface area contributed by atoms with E-state index >= 15 is 0 Å². The summed E-state index contributed by atoms with van der Waals surface area (Å²) in [4.78, 5) is 0. The van der Waals surface area contributed by atoms with E-state index in [-0.39, 0.29) is 12.3 Å². The van der Waals surface area contributed by atoms with Gasteiger partial charge in [-0.15, -0.1) is 0 Å². The number of aryl methyl sites for hydroxylation is 1. The Morgan fingerprint density at radius 3 is 2.80 bits per heavy atom. The van der Waals surface area contributed by atoms with Crippen molar-refractivity contribution < 1.29 is 14.2 Å². The summed E-state index contributed by atoms with van der Waals surface area (Å²) in [5, 5.41) is 3.51. The Hall–Kier alpha value is -1.10. The molecule has 20 heavy (non-hydrogen) atoms. The van der Waals surface area contributed by atoms with Crippen molar-refractivity contribution in [3.63, 3.8) is 0 Å². The van der Waals surface area contributed by atoms with Gasteiger partial charge in [-0.1, -0.05) is 25.1 Å². The molecule has 1 N–H and O–H groups in total. The average Bonchev–Trinajstić information content (AvgIpc) is 2.51. The third kappa shape index (κ3) is 3.32. The highest BCUT2D eigenvalue weighted by atomic mass is 16.7. The molecular formula is C16H25NO3. The van der Waals surface area contributed by atoms with E-state index in [0.717, 1.165) is 43.7 Å². The van der Waals surface area contributed by atoms with Crippen molar-refractivity contribution in [1.82, 2.24) is 5.32 Å². The van der Waals surface area contributed by atoms with Gasteiger partial charge in [-0.2, -0.15) is 0 Å². The number of benzene rings is 1. The third-order valence-electron chi connectivity index (χ3n) is 3.65. The number of ether oxygens (including phenoxy) is 3. The van der Waals surface area contributed by atoms with Crippen LogP contribution in [-0.2, 0) is 15.9 Å². The van der Waals surface area contributed by atoms with Gasteiger partial charge >= 0.3 is 0 Å². The second kappa shape index (κ2) is 7.62. The number of para-hydroxylation sites is 1. The zero-order valence-corrected chi connectivity index (χ0v) is 12.6. The lowest BCUT2D eigenvalue weighted by Crippen LogP contribution is -2.35. The van der Waals surface area contributed by atoms with Crippen molar-refractivity contribution in [1.29, 1.82) is 0 Å². The van der Waals surface area contributed by atoms with E-state index < -0.39 is 0 Å². The summed E-state index contributed by atoms with van der Waals surface area (Å²) in [5.74, 6) is 1.01. The standard InChI is InChI=1S/C16H25NO3/c1-4-10-17-14(16(18-2)19-3)13-9-5-7-12-8-6-11-20-15(12)13/h5,7,9,14,16-17H,4,6,8,10-11H2,1-3H3. The molecule has 0 aliphatic carbocycles. The summed E-state index contributed by atoms with van der Waals surface area (Å²) in [6.45, 7) is 3.85. The molecule has 4 heteroatoms. The van der Waals surface area contributed by atoms with Crippen molar-refractivity contribution in [2.75, 3.05) is 27.4 Å². The first kappa shape index (κ1) is 15.3. The molecule has 112 valence electrons. The van der Waals surface area contributed by atoms with Gasteiger partial charge in [0.2, 0.25) is 0 Å². The minimum atomic E-state index is -0.321. The molecule has 1 aliphatic rings. The van der Waals surface area contributed by atoms with Crippen molar-refractivity contribution in [3.05, 3.63) is 29.3 Å². The normalized spacial score (nSPS) is 15.8. The molecule has 4 nitrogen and oxygen atoms in total. The molecule has 0 radical (unpaired) electrons. The van der Waals surface area contributed by atoms with Crippen LogP contribution in [0.2, 0.25) is 0 Å². The Morgan fingerprint density at radius 1 is 1.30 bits per heavy atom. The molecule has 1 unspecified atom stereocenters. The second-order valence-corrected chi connectivity index (χ2v) is 5.06. The van der Waals surface area contributed by atoms with Crippen LogP contribution in [-0.4, -0.2) is 33.7 Å². The number of hydrogen-bond acceptors (Lipinski definition) is 4. The van der Waals surface area contributed by atoms with Gasteiger partial charge in [0.25, 0.3) is 0 Å². The number of rotatable bonds is 7. The Bertz CT molecular complexity index is 418. The van der Waals surface area contributed by atoms with Crippen molar-refractivity contribution in [3.8, 4) is 5.75 Å². The summed E-state index contributed by atoms with van der Waals surface area (Å²) >= 11 is 0. The lowest BCUT2D eigenvalue weighted by molar-refractivity contribution is -0.124. The molecule has 0 aromatic heterocycles. The first-order chi connectivity index (χ1) is 9.81. The minimum Gasteiger partial charge on any atom is -0.493 e. The first-order valence-corrected chi connectivity index (χ1v) is 7.35. The SMILES string of the molecule is CCCNC(c1cccc2c1OCCC2)C(OC)OC. The van der Waals surface area contributed by atoms with E-state index in [0.29, 0.717) is 0 Å². The molecule has 0 saturated heterocycles. The number of hydrogen-bond donors (Lipinski definition) is 1. The van der Waals surface area contributed by atoms with E-state index in [4.69, 9.17) is 14.2 Å². The Kier molecular flexibility index (Phi) is 5.83. The zero-order chi connectivity index (χ0) is 14.4. The molecule has 1 aromatic rings. The molecule has 0 saturated carbocycles. The van der Waals surface area contributed by atoms with Crippen LogP contribution in [0.3, 0.4) is 0 Å². The summed E-state index contributed by atoms with van der Waals surface area (Å²) in [6.07, 6.45) is 2.90. The van der Waals surface area contributed by atoms with Gasteiger partial charge in [0.1, 0.15) is 5.75 Å². The van der Waals surface area contributed by atoms with E-state index in [1.165, 1.54) is 5.56 Å². The van der Waals surface area contributed by atoms with Gasteiger partial charge < -0.3 is 19.5 Å². The molecule has 0 bridgehead atoms. The van der Waals surface area contributed by atoms with Crippen LogP contribution in [0.15, 0.2) is 18.2 Å². The molecule has 0 fully saturated rings. The van der Waals surface area contributed by atoms with Gasteiger partial charge in [-0.3, -0.25) is 0 Å². The predicted octanol–water partition coefficient (Wildman–Crippen LogP) is 2.67. The topological polar surface area (TPSA) is 39.7 Å². The second-order valence-electron chi connectivity index (χ2n) is 5.06. The molecule has 1 atom stereocenters. The lowest BCUT2D eigenvalue weighted by atomic mass is 9.97. The fourth-order valence-electron chi connectivity index (χ4n) is 2.68. The summed E-state index contributed by atoms with van der Waals surface area (Å²) in [7, 11) is 3.34. The maximum atomic E-state index is 5.90. The quantitative estimate of drug-likeness (QED) is 0.779. The summed E-state index contributed by atoms with van der Waals surface area (Å²) in [5.41, 5.74) is 2.41. The largest absolute Gasteiger partial charge is 0.493 e. The van der Waals surface area contributed by atoms with Gasteiger partial charge in [-0.05, 0) is 31.4 Å². The van der Waals surface area contributed by atoms with Crippen molar-refractivity contribution in [2.24, 2.45) is 0 Å². The smallest absolute Gasteiger partial charge is 0.176 e. The highest BCUT2D eigenvalue weighted by Crippen LogP contribution is 2.34. The average molecular weight is 279 g/mol. The van der Waals surface area contributed by atoms with Crippen LogP contribution in [0.1, 0.15) is 36.9 Å². The molecule has 2 rings (SSSR count). The van der Waals surface area contributed by atoms with E-state index in [1.54, 1.807) is 14.2 Å². The Morgan fingerprint density at radius 2 is 2.10 bits per heavy atom. The van der Waals surface area contributed by atoms with Crippen LogP contribution in [0.25, 0.3) is 0 Å². The maximum absolute atomic E-state index is 5.90. The van der Waals surface area contributed by atoms with E-state index in [9.17, 15) is 0 Å². The van der Waals surface area contributed by atoms with Gasteiger partial charge in [0.05, 0.1) is 12.6 Å².